The lowest BCUT2D eigenvalue weighted by Crippen LogP contribution is -2.06. The second kappa shape index (κ2) is 26.7. The number of hydrogen-bond acceptors (Lipinski definition) is 4. The van der Waals surface area contributed by atoms with Crippen LogP contribution in [-0.4, -0.2) is 25.2 Å². The third-order valence-corrected chi connectivity index (χ3v) is 5.77. The van der Waals surface area contributed by atoms with Gasteiger partial charge in [-0.1, -0.05) is 122 Å². The lowest BCUT2D eigenvalue weighted by atomic mass is 10.1. The summed E-state index contributed by atoms with van der Waals surface area (Å²) in [6.07, 6.45) is 30.0. The van der Waals surface area contributed by atoms with Gasteiger partial charge in [0.05, 0.1) is 13.2 Å². The summed E-state index contributed by atoms with van der Waals surface area (Å²) in [5, 5.41) is 0. The van der Waals surface area contributed by atoms with Crippen molar-refractivity contribution in [1.82, 2.24) is 0 Å². The summed E-state index contributed by atoms with van der Waals surface area (Å²) >= 11 is 0. The molecule has 0 aliphatic rings. The molecule has 0 fully saturated rings. The zero-order valence-electron chi connectivity index (χ0n) is 21.8. The Morgan fingerprint density at radius 1 is 0.485 bits per heavy atom. The Morgan fingerprint density at radius 3 is 1.39 bits per heavy atom. The van der Waals surface area contributed by atoms with E-state index in [0.717, 1.165) is 31.4 Å². The van der Waals surface area contributed by atoms with Gasteiger partial charge in [0.25, 0.3) is 0 Å². The third kappa shape index (κ3) is 26.6. The number of rotatable bonds is 24. The predicted molar refractivity (Wildman–Crippen MR) is 139 cm³/mol. The highest BCUT2D eigenvalue weighted by molar-refractivity contribution is 5.91. The van der Waals surface area contributed by atoms with Gasteiger partial charge in [0, 0.05) is 12.2 Å². The Morgan fingerprint density at radius 2 is 0.879 bits per heavy atom. The van der Waals surface area contributed by atoms with E-state index in [4.69, 9.17) is 9.47 Å². The number of carbonyl (C=O) groups is 2. The Kier molecular flexibility index (Phi) is 25.4. The van der Waals surface area contributed by atoms with E-state index in [1.54, 1.807) is 0 Å². The monoisotopic (exact) mass is 464 g/mol. The van der Waals surface area contributed by atoms with Gasteiger partial charge in [0.15, 0.2) is 0 Å². The average Bonchev–Trinajstić information content (AvgIpc) is 2.82. The first-order chi connectivity index (χ1) is 16.2. The summed E-state index contributed by atoms with van der Waals surface area (Å²) in [6, 6.07) is 0. The van der Waals surface area contributed by atoms with Gasteiger partial charge in [0.2, 0.25) is 0 Å². The molecular formula is C29H52O4. The van der Waals surface area contributed by atoms with Gasteiger partial charge in [-0.05, 0) is 25.7 Å². The molecule has 0 aromatic heterocycles. The summed E-state index contributed by atoms with van der Waals surface area (Å²) in [4.78, 5) is 23.3. The van der Waals surface area contributed by atoms with Crippen LogP contribution in [0.4, 0.5) is 0 Å². The van der Waals surface area contributed by atoms with E-state index in [9.17, 15) is 9.59 Å². The highest BCUT2D eigenvalue weighted by Gasteiger charge is 2.01. The van der Waals surface area contributed by atoms with E-state index >= 15 is 0 Å². The van der Waals surface area contributed by atoms with E-state index in [1.165, 1.54) is 96.3 Å². The molecule has 33 heavy (non-hydrogen) atoms. The van der Waals surface area contributed by atoms with Gasteiger partial charge >= 0.3 is 11.9 Å². The van der Waals surface area contributed by atoms with Crippen LogP contribution in [0.5, 0.6) is 0 Å². The van der Waals surface area contributed by atoms with Gasteiger partial charge in [-0.2, -0.15) is 0 Å². The van der Waals surface area contributed by atoms with Gasteiger partial charge < -0.3 is 9.47 Å². The molecule has 0 unspecified atom stereocenters. The van der Waals surface area contributed by atoms with Crippen molar-refractivity contribution in [2.75, 3.05) is 13.2 Å². The van der Waals surface area contributed by atoms with Crippen molar-refractivity contribution in [3.63, 3.8) is 0 Å². The Hall–Kier alpha value is -1.58. The van der Waals surface area contributed by atoms with Crippen LogP contribution >= 0.6 is 0 Å². The fourth-order valence-corrected chi connectivity index (χ4v) is 3.68. The molecule has 0 atom stereocenters. The predicted octanol–water partition coefficient (Wildman–Crippen LogP) is 8.64. The maximum absolute atomic E-state index is 11.7. The van der Waals surface area contributed by atoms with Crippen LogP contribution in [0, 0.1) is 0 Å². The number of unbranched alkanes of at least 4 members (excludes halogenated alkanes) is 16. The molecule has 0 aromatic carbocycles. The SMILES string of the molecule is CCCCCCCCCC/C=C/CCOC(=O)/C=C/C(=O)OCCCCCCCCCCC. The van der Waals surface area contributed by atoms with Crippen LogP contribution < -0.4 is 0 Å². The van der Waals surface area contributed by atoms with Crippen molar-refractivity contribution in [2.45, 2.75) is 136 Å². The molecule has 192 valence electrons. The fourth-order valence-electron chi connectivity index (χ4n) is 3.68. The smallest absolute Gasteiger partial charge is 0.331 e. The first-order valence-corrected chi connectivity index (χ1v) is 13.9. The minimum absolute atomic E-state index is 0.338. The largest absolute Gasteiger partial charge is 0.463 e. The maximum atomic E-state index is 11.7. The highest BCUT2D eigenvalue weighted by Crippen LogP contribution is 2.10. The van der Waals surface area contributed by atoms with Crippen LogP contribution in [0.3, 0.4) is 0 Å². The molecule has 0 rings (SSSR count). The van der Waals surface area contributed by atoms with Crippen LogP contribution in [-0.2, 0) is 19.1 Å². The summed E-state index contributed by atoms with van der Waals surface area (Å²) in [6.45, 7) is 5.24. The first kappa shape index (κ1) is 31.4. The topological polar surface area (TPSA) is 52.6 Å². The molecule has 0 aliphatic heterocycles. The zero-order chi connectivity index (χ0) is 24.2. The second-order valence-corrected chi connectivity index (χ2v) is 9.02. The molecule has 0 aromatic rings. The normalized spacial score (nSPS) is 11.5. The van der Waals surface area contributed by atoms with E-state index < -0.39 is 11.9 Å². The fraction of sp³-hybridized carbons (Fsp3) is 0.793. The van der Waals surface area contributed by atoms with Gasteiger partial charge in [0.1, 0.15) is 0 Å². The molecule has 0 aliphatic carbocycles. The molecule has 0 radical (unpaired) electrons. The molecule has 0 heterocycles. The molecule has 0 saturated carbocycles. The van der Waals surface area contributed by atoms with Gasteiger partial charge in [-0.15, -0.1) is 0 Å². The number of hydrogen-bond donors (Lipinski definition) is 0. The first-order valence-electron chi connectivity index (χ1n) is 13.9. The number of allylic oxidation sites excluding steroid dienone is 1. The maximum Gasteiger partial charge on any atom is 0.331 e. The van der Waals surface area contributed by atoms with Crippen molar-refractivity contribution < 1.29 is 19.1 Å². The second-order valence-electron chi connectivity index (χ2n) is 9.02. The Balaban J connectivity index is 3.46. The molecule has 0 N–H and O–H groups in total. The standard InChI is InChI=1S/C29H52O4/c1-3-5-7-9-11-13-14-15-17-19-21-23-27-33-29(31)25-24-28(30)32-26-22-20-18-16-12-10-8-6-4-2/h19,21,24-25H,3-18,20,22-23,26-27H2,1-2H3/b21-19+,25-24+. The van der Waals surface area contributed by atoms with Crippen molar-refractivity contribution in [1.29, 1.82) is 0 Å². The van der Waals surface area contributed by atoms with E-state index in [2.05, 4.69) is 26.0 Å². The quantitative estimate of drug-likeness (QED) is 0.0620. The van der Waals surface area contributed by atoms with Crippen LogP contribution in [0.25, 0.3) is 0 Å². The van der Waals surface area contributed by atoms with Crippen molar-refractivity contribution >= 4 is 11.9 Å². The third-order valence-electron chi connectivity index (χ3n) is 5.77. The minimum atomic E-state index is -0.494. The lowest BCUT2D eigenvalue weighted by Gasteiger charge is -2.03. The summed E-state index contributed by atoms with van der Waals surface area (Å²) in [5.74, 6) is -0.969. The van der Waals surface area contributed by atoms with E-state index in [1.807, 2.05) is 0 Å². The Labute approximate surface area is 204 Å². The van der Waals surface area contributed by atoms with Crippen molar-refractivity contribution in [3.8, 4) is 0 Å². The molecule has 0 saturated heterocycles. The molecule has 0 bridgehead atoms. The van der Waals surface area contributed by atoms with Crippen LogP contribution in [0.15, 0.2) is 24.3 Å². The number of carbonyl (C=O) groups excluding carboxylic acids is 2. The number of ether oxygens (including phenoxy) is 2. The lowest BCUT2D eigenvalue weighted by molar-refractivity contribution is -0.140. The minimum Gasteiger partial charge on any atom is -0.463 e. The number of esters is 2. The van der Waals surface area contributed by atoms with Gasteiger partial charge in [-0.25, -0.2) is 9.59 Å². The van der Waals surface area contributed by atoms with Crippen molar-refractivity contribution in [3.05, 3.63) is 24.3 Å². The van der Waals surface area contributed by atoms with E-state index in [-0.39, 0.29) is 0 Å². The highest BCUT2D eigenvalue weighted by atomic mass is 16.5. The van der Waals surface area contributed by atoms with Gasteiger partial charge in [-0.3, -0.25) is 0 Å². The Bertz CT molecular complexity index is 496. The van der Waals surface area contributed by atoms with E-state index in [0.29, 0.717) is 19.6 Å². The molecule has 0 spiro atoms. The van der Waals surface area contributed by atoms with Crippen LogP contribution in [0.2, 0.25) is 0 Å². The summed E-state index contributed by atoms with van der Waals surface area (Å²) < 4.78 is 10.2. The zero-order valence-corrected chi connectivity index (χ0v) is 21.8. The summed E-state index contributed by atoms with van der Waals surface area (Å²) in [5.41, 5.74) is 0. The van der Waals surface area contributed by atoms with Crippen LogP contribution in [0.1, 0.15) is 136 Å². The van der Waals surface area contributed by atoms with Crippen molar-refractivity contribution in [2.24, 2.45) is 0 Å². The molecule has 4 nitrogen and oxygen atoms in total. The molecular weight excluding hydrogens is 412 g/mol. The molecule has 4 heteroatoms. The average molecular weight is 465 g/mol. The summed E-state index contributed by atoms with van der Waals surface area (Å²) in [7, 11) is 0. The molecule has 0 amide bonds.